The smallest absolute Gasteiger partial charge is 0.194 e. The van der Waals surface area contributed by atoms with Crippen molar-refractivity contribution in [3.05, 3.63) is 29.6 Å². The molecule has 3 heterocycles. The maximum absolute atomic E-state index is 5.62. The maximum Gasteiger partial charge on any atom is 0.194 e. The molecule has 0 aliphatic carbocycles. The zero-order valence-corrected chi connectivity index (χ0v) is 13.6. The van der Waals surface area contributed by atoms with Crippen LogP contribution in [-0.2, 0) is 11.3 Å². The third kappa shape index (κ3) is 3.40. The van der Waals surface area contributed by atoms with Crippen molar-refractivity contribution >= 4 is 5.96 Å². The van der Waals surface area contributed by atoms with E-state index in [0.29, 0.717) is 12.0 Å². The number of hydrogen-bond donors (Lipinski definition) is 1. The number of rotatable bonds is 3. The monoisotopic (exact) mass is 302 g/mol. The van der Waals surface area contributed by atoms with Gasteiger partial charge < -0.3 is 15.0 Å². The predicted molar refractivity (Wildman–Crippen MR) is 87.8 cm³/mol. The van der Waals surface area contributed by atoms with Gasteiger partial charge in [-0.05, 0) is 38.3 Å². The largest absolute Gasteiger partial charge is 0.381 e. The fourth-order valence-corrected chi connectivity index (χ4v) is 3.27. The van der Waals surface area contributed by atoms with Crippen molar-refractivity contribution in [2.24, 2.45) is 10.4 Å². The summed E-state index contributed by atoms with van der Waals surface area (Å²) in [6.45, 7) is 9.65. The van der Waals surface area contributed by atoms with E-state index >= 15 is 0 Å². The molecule has 1 N–H and O–H groups in total. The Morgan fingerprint density at radius 2 is 2.36 bits per heavy atom. The van der Waals surface area contributed by atoms with Crippen LogP contribution in [0.1, 0.15) is 31.0 Å². The number of aryl methyl sites for hydroxylation is 1. The van der Waals surface area contributed by atoms with E-state index in [4.69, 9.17) is 9.73 Å². The quantitative estimate of drug-likeness (QED) is 0.685. The topological polar surface area (TPSA) is 49.8 Å². The lowest BCUT2D eigenvalue weighted by molar-refractivity contribution is 0.156. The molecule has 5 nitrogen and oxygen atoms in total. The van der Waals surface area contributed by atoms with Crippen LogP contribution < -0.4 is 5.32 Å². The van der Waals surface area contributed by atoms with Gasteiger partial charge in [0.25, 0.3) is 0 Å². The molecule has 0 amide bonds. The number of likely N-dealkylation sites (tertiary alicyclic amines) is 1. The highest BCUT2D eigenvalue weighted by Crippen LogP contribution is 2.38. The van der Waals surface area contributed by atoms with Crippen molar-refractivity contribution in [3.63, 3.8) is 0 Å². The third-order valence-electron chi connectivity index (χ3n) is 4.64. The fourth-order valence-electron chi connectivity index (χ4n) is 3.27. The van der Waals surface area contributed by atoms with Crippen molar-refractivity contribution in [2.45, 2.75) is 33.2 Å². The molecule has 3 rings (SSSR count). The van der Waals surface area contributed by atoms with Gasteiger partial charge in [0.1, 0.15) is 0 Å². The van der Waals surface area contributed by atoms with Gasteiger partial charge in [0.05, 0.1) is 13.2 Å². The van der Waals surface area contributed by atoms with Crippen LogP contribution in [0.3, 0.4) is 0 Å². The highest BCUT2D eigenvalue weighted by Gasteiger charge is 2.42. The standard InChI is InChI=1S/C17H26N4O/c1-3-18-16(20-11-15-5-4-14(2)19-10-15)21-8-6-17(12-21)7-9-22-13-17/h4-5,10H,3,6-9,11-13H2,1-2H3,(H,18,20). The van der Waals surface area contributed by atoms with Gasteiger partial charge in [-0.25, -0.2) is 4.99 Å². The second-order valence-corrected chi connectivity index (χ2v) is 6.45. The Kier molecular flexibility index (Phi) is 4.62. The molecule has 1 aromatic rings. The van der Waals surface area contributed by atoms with Gasteiger partial charge >= 0.3 is 0 Å². The average molecular weight is 302 g/mol. The van der Waals surface area contributed by atoms with Crippen molar-refractivity contribution < 1.29 is 4.74 Å². The Labute approximate surface area is 132 Å². The molecule has 0 aromatic carbocycles. The molecule has 1 aromatic heterocycles. The summed E-state index contributed by atoms with van der Waals surface area (Å²) >= 11 is 0. The molecule has 1 spiro atoms. The molecule has 5 heteroatoms. The minimum atomic E-state index is 0.363. The minimum Gasteiger partial charge on any atom is -0.381 e. The van der Waals surface area contributed by atoms with Gasteiger partial charge in [0.2, 0.25) is 0 Å². The Morgan fingerprint density at radius 1 is 1.45 bits per heavy atom. The van der Waals surface area contributed by atoms with Crippen molar-refractivity contribution in [1.82, 2.24) is 15.2 Å². The van der Waals surface area contributed by atoms with Gasteiger partial charge in [0.15, 0.2) is 5.96 Å². The number of nitrogens with one attached hydrogen (secondary N) is 1. The Balaban J connectivity index is 1.67. The molecule has 120 valence electrons. The maximum atomic E-state index is 5.62. The number of guanidine groups is 1. The van der Waals surface area contributed by atoms with Gasteiger partial charge in [0, 0.05) is 43.5 Å². The van der Waals surface area contributed by atoms with Gasteiger partial charge in [-0.2, -0.15) is 0 Å². The van der Waals surface area contributed by atoms with Gasteiger partial charge in [-0.3, -0.25) is 4.98 Å². The van der Waals surface area contributed by atoms with E-state index in [1.165, 1.54) is 12.8 Å². The molecular weight excluding hydrogens is 276 g/mol. The van der Waals surface area contributed by atoms with E-state index in [2.05, 4.69) is 28.2 Å². The van der Waals surface area contributed by atoms with Crippen molar-refractivity contribution in [3.8, 4) is 0 Å². The Morgan fingerprint density at radius 3 is 3.05 bits per heavy atom. The highest BCUT2D eigenvalue weighted by atomic mass is 16.5. The summed E-state index contributed by atoms with van der Waals surface area (Å²) in [5.74, 6) is 1.02. The zero-order valence-electron chi connectivity index (χ0n) is 13.6. The zero-order chi connectivity index (χ0) is 15.4. The lowest BCUT2D eigenvalue weighted by atomic mass is 9.87. The normalized spacial score (nSPS) is 25.2. The first-order valence-corrected chi connectivity index (χ1v) is 8.23. The highest BCUT2D eigenvalue weighted by molar-refractivity contribution is 5.80. The summed E-state index contributed by atoms with van der Waals surface area (Å²) in [6.07, 6.45) is 4.31. The summed E-state index contributed by atoms with van der Waals surface area (Å²) in [5.41, 5.74) is 2.56. The van der Waals surface area contributed by atoms with Crippen LogP contribution in [0.5, 0.6) is 0 Å². The van der Waals surface area contributed by atoms with E-state index in [0.717, 1.165) is 50.1 Å². The SMILES string of the molecule is CCNC(=NCc1ccc(C)nc1)N1CCC2(CCOC2)C1. The summed E-state index contributed by atoms with van der Waals surface area (Å²) in [7, 11) is 0. The molecule has 2 saturated heterocycles. The van der Waals surface area contributed by atoms with Gasteiger partial charge in [-0.15, -0.1) is 0 Å². The van der Waals surface area contributed by atoms with Crippen LogP contribution in [0.2, 0.25) is 0 Å². The molecular formula is C17H26N4O. The van der Waals surface area contributed by atoms with Gasteiger partial charge in [-0.1, -0.05) is 6.07 Å². The van der Waals surface area contributed by atoms with Crippen LogP contribution in [0.4, 0.5) is 0 Å². The molecule has 1 atom stereocenters. The minimum absolute atomic E-state index is 0.363. The van der Waals surface area contributed by atoms with E-state index in [1.54, 1.807) is 0 Å². The second-order valence-electron chi connectivity index (χ2n) is 6.45. The average Bonchev–Trinajstić information content (AvgIpc) is 3.16. The molecule has 22 heavy (non-hydrogen) atoms. The lowest BCUT2D eigenvalue weighted by Gasteiger charge is -2.25. The number of ether oxygens (including phenoxy) is 1. The number of nitrogens with zero attached hydrogens (tertiary/aromatic N) is 3. The number of hydrogen-bond acceptors (Lipinski definition) is 3. The fraction of sp³-hybridized carbons (Fsp3) is 0.647. The Hall–Kier alpha value is -1.62. The number of aliphatic imine (C=N–C) groups is 1. The first-order chi connectivity index (χ1) is 10.7. The van der Waals surface area contributed by atoms with Crippen LogP contribution in [0.25, 0.3) is 0 Å². The molecule has 0 bridgehead atoms. The molecule has 2 aliphatic heterocycles. The summed E-state index contributed by atoms with van der Waals surface area (Å²) < 4.78 is 5.62. The van der Waals surface area contributed by atoms with Crippen LogP contribution in [0, 0.1) is 12.3 Å². The summed E-state index contributed by atoms with van der Waals surface area (Å²) in [4.78, 5) is 11.5. The predicted octanol–water partition coefficient (Wildman–Crippen LogP) is 1.97. The van der Waals surface area contributed by atoms with Crippen LogP contribution in [-0.4, -0.2) is 48.7 Å². The van der Waals surface area contributed by atoms with E-state index < -0.39 is 0 Å². The summed E-state index contributed by atoms with van der Waals surface area (Å²) in [5, 5.41) is 3.43. The molecule has 2 aliphatic rings. The second kappa shape index (κ2) is 6.65. The van der Waals surface area contributed by atoms with E-state index in [-0.39, 0.29) is 0 Å². The van der Waals surface area contributed by atoms with E-state index in [1.807, 2.05) is 19.2 Å². The third-order valence-corrected chi connectivity index (χ3v) is 4.64. The summed E-state index contributed by atoms with van der Waals surface area (Å²) in [6, 6.07) is 4.14. The first-order valence-electron chi connectivity index (χ1n) is 8.23. The van der Waals surface area contributed by atoms with Crippen molar-refractivity contribution in [1.29, 1.82) is 0 Å². The molecule has 1 unspecified atom stereocenters. The van der Waals surface area contributed by atoms with Crippen molar-refractivity contribution in [2.75, 3.05) is 32.8 Å². The van der Waals surface area contributed by atoms with E-state index in [9.17, 15) is 0 Å². The number of pyridine rings is 1. The Bertz CT molecular complexity index is 520. The van der Waals surface area contributed by atoms with Crippen LogP contribution >= 0.6 is 0 Å². The molecule has 0 saturated carbocycles. The first kappa shape index (κ1) is 15.3. The number of aromatic nitrogens is 1. The van der Waals surface area contributed by atoms with Crippen LogP contribution in [0.15, 0.2) is 23.3 Å². The lowest BCUT2D eigenvalue weighted by Crippen LogP contribution is -2.41. The molecule has 2 fully saturated rings. The molecule has 0 radical (unpaired) electrons.